The smallest absolute Gasteiger partial charge is 0.323 e. The number of hydrogen-bond donors (Lipinski definition) is 3. The molecule has 10 heavy (non-hydrogen) atoms. The van der Waals surface area contributed by atoms with E-state index >= 15 is 0 Å². The molecule has 0 rings (SSSR count). The molecule has 0 aromatic heterocycles. The number of hydrogen-bond acceptors (Lipinski definition) is 3. The fraction of sp³-hybridized carbons (Fsp3) is 0.833. The number of carbonyl (C=O) groups is 1. The van der Waals surface area contributed by atoms with Crippen LogP contribution in [0, 0.1) is 5.92 Å². The number of nitrogens with two attached hydrogens (primary N) is 1. The highest BCUT2D eigenvalue weighted by molar-refractivity contribution is 5.73. The lowest BCUT2D eigenvalue weighted by molar-refractivity contribution is -0.141. The maximum absolute atomic E-state index is 10.2. The van der Waals surface area contributed by atoms with E-state index in [1.54, 1.807) is 13.8 Å². The van der Waals surface area contributed by atoms with E-state index in [1.165, 1.54) is 0 Å². The van der Waals surface area contributed by atoms with Gasteiger partial charge in [0.2, 0.25) is 0 Å². The van der Waals surface area contributed by atoms with Crippen LogP contribution in [0.1, 0.15) is 13.8 Å². The summed E-state index contributed by atoms with van der Waals surface area (Å²) in [5.74, 6) is -1.28. The van der Waals surface area contributed by atoms with E-state index in [1.807, 2.05) is 0 Å². The van der Waals surface area contributed by atoms with Crippen molar-refractivity contribution < 1.29 is 15.0 Å². The normalized spacial score (nSPS) is 16.9. The van der Waals surface area contributed by atoms with E-state index < -0.39 is 18.1 Å². The SMILES string of the molecule is CC(C)[C@H](O)C(N)C(=O)O. The molecule has 2 atom stereocenters. The van der Waals surface area contributed by atoms with Gasteiger partial charge in [0, 0.05) is 0 Å². The Morgan fingerprint density at radius 2 is 1.90 bits per heavy atom. The first-order valence-electron chi connectivity index (χ1n) is 3.13. The maximum atomic E-state index is 10.2. The van der Waals surface area contributed by atoms with Crippen molar-refractivity contribution in [3.63, 3.8) is 0 Å². The Labute approximate surface area is 59.7 Å². The van der Waals surface area contributed by atoms with Crippen molar-refractivity contribution in [2.45, 2.75) is 26.0 Å². The molecule has 0 aliphatic rings. The highest BCUT2D eigenvalue weighted by Gasteiger charge is 2.24. The van der Waals surface area contributed by atoms with Gasteiger partial charge in [0.25, 0.3) is 0 Å². The second-order valence-electron chi connectivity index (χ2n) is 2.60. The van der Waals surface area contributed by atoms with Gasteiger partial charge in [0.15, 0.2) is 0 Å². The molecule has 0 fully saturated rings. The van der Waals surface area contributed by atoms with Gasteiger partial charge in [-0.1, -0.05) is 13.8 Å². The Balaban J connectivity index is 3.94. The molecule has 0 aliphatic heterocycles. The Bertz CT molecular complexity index is 124. The molecule has 1 unspecified atom stereocenters. The van der Waals surface area contributed by atoms with Crippen LogP contribution >= 0.6 is 0 Å². The number of carboxylic acids is 1. The van der Waals surface area contributed by atoms with Crippen molar-refractivity contribution >= 4 is 5.97 Å². The second kappa shape index (κ2) is 3.53. The molecule has 0 saturated heterocycles. The average molecular weight is 147 g/mol. The lowest BCUT2D eigenvalue weighted by atomic mass is 10.0. The molecule has 0 aromatic rings. The highest BCUT2D eigenvalue weighted by Crippen LogP contribution is 2.03. The van der Waals surface area contributed by atoms with Crippen molar-refractivity contribution in [1.82, 2.24) is 0 Å². The minimum Gasteiger partial charge on any atom is -0.480 e. The van der Waals surface area contributed by atoms with Crippen LogP contribution in [0.5, 0.6) is 0 Å². The summed E-state index contributed by atoms with van der Waals surface area (Å²) in [7, 11) is 0. The number of aliphatic hydroxyl groups is 1. The predicted molar refractivity (Wildman–Crippen MR) is 36.5 cm³/mol. The van der Waals surface area contributed by atoms with Crippen molar-refractivity contribution in [2.75, 3.05) is 0 Å². The van der Waals surface area contributed by atoms with Crippen molar-refractivity contribution in [3.8, 4) is 0 Å². The van der Waals surface area contributed by atoms with Crippen LogP contribution in [0.3, 0.4) is 0 Å². The molecule has 0 amide bonds. The minimum atomic E-state index is -1.17. The molecule has 4 nitrogen and oxygen atoms in total. The maximum Gasteiger partial charge on any atom is 0.323 e. The van der Waals surface area contributed by atoms with Crippen molar-refractivity contribution in [1.29, 1.82) is 0 Å². The third-order valence-corrected chi connectivity index (χ3v) is 1.34. The van der Waals surface area contributed by atoms with E-state index in [0.29, 0.717) is 0 Å². The lowest BCUT2D eigenvalue weighted by Gasteiger charge is -2.17. The molecule has 0 aromatic carbocycles. The van der Waals surface area contributed by atoms with Gasteiger partial charge in [-0.25, -0.2) is 0 Å². The van der Waals surface area contributed by atoms with Gasteiger partial charge in [-0.05, 0) is 5.92 Å². The molecule has 0 aliphatic carbocycles. The molecule has 0 bridgehead atoms. The van der Waals surface area contributed by atoms with Crippen molar-refractivity contribution in [3.05, 3.63) is 0 Å². The standard InChI is InChI=1S/C6H13NO3/c1-3(2)5(8)4(7)6(9)10/h3-5,8H,7H2,1-2H3,(H,9,10)/t4?,5-/m0/s1. The summed E-state index contributed by atoms with van der Waals surface area (Å²) in [5.41, 5.74) is 5.11. The first kappa shape index (κ1) is 9.39. The highest BCUT2D eigenvalue weighted by atomic mass is 16.4. The molecule has 4 heteroatoms. The van der Waals surface area contributed by atoms with Crippen molar-refractivity contribution in [2.24, 2.45) is 11.7 Å². The van der Waals surface area contributed by atoms with Gasteiger partial charge >= 0.3 is 5.97 Å². The van der Waals surface area contributed by atoms with E-state index in [9.17, 15) is 4.79 Å². The van der Waals surface area contributed by atoms with Crippen LogP contribution < -0.4 is 5.73 Å². The van der Waals surface area contributed by atoms with Crippen LogP contribution in [0.25, 0.3) is 0 Å². The summed E-state index contributed by atoms with van der Waals surface area (Å²) in [6.45, 7) is 3.43. The summed E-state index contributed by atoms with van der Waals surface area (Å²) in [6, 6.07) is -1.17. The minimum absolute atomic E-state index is 0.119. The van der Waals surface area contributed by atoms with Gasteiger partial charge in [-0.2, -0.15) is 0 Å². The molecule has 0 spiro atoms. The molecule has 0 saturated carbocycles. The summed E-state index contributed by atoms with van der Waals surface area (Å²) in [6.07, 6.45) is -0.961. The zero-order chi connectivity index (χ0) is 8.31. The zero-order valence-corrected chi connectivity index (χ0v) is 6.11. The first-order chi connectivity index (χ1) is 4.46. The van der Waals surface area contributed by atoms with E-state index in [4.69, 9.17) is 15.9 Å². The van der Waals surface area contributed by atoms with Crippen LogP contribution in [-0.2, 0) is 4.79 Å². The Kier molecular flexibility index (Phi) is 3.32. The topological polar surface area (TPSA) is 83.5 Å². The third kappa shape index (κ3) is 2.33. The predicted octanol–water partition coefficient (Wildman–Crippen LogP) is -0.585. The fourth-order valence-corrected chi connectivity index (χ4v) is 0.561. The van der Waals surface area contributed by atoms with Gasteiger partial charge in [-0.3, -0.25) is 4.79 Å². The van der Waals surface area contributed by atoms with Crippen LogP contribution in [-0.4, -0.2) is 28.3 Å². The molecular weight excluding hydrogens is 134 g/mol. The molecule has 0 radical (unpaired) electrons. The van der Waals surface area contributed by atoms with Gasteiger partial charge in [-0.15, -0.1) is 0 Å². The lowest BCUT2D eigenvalue weighted by Crippen LogP contribution is -2.44. The molecule has 4 N–H and O–H groups in total. The quantitative estimate of drug-likeness (QED) is 0.498. The molecular formula is C6H13NO3. The molecule has 0 heterocycles. The number of aliphatic hydroxyl groups excluding tert-OH is 1. The first-order valence-corrected chi connectivity index (χ1v) is 3.13. The summed E-state index contributed by atoms with van der Waals surface area (Å²) < 4.78 is 0. The van der Waals surface area contributed by atoms with E-state index in [-0.39, 0.29) is 5.92 Å². The third-order valence-electron chi connectivity index (χ3n) is 1.34. The largest absolute Gasteiger partial charge is 0.480 e. The number of carboxylic acid groups (broad SMARTS) is 1. The summed E-state index contributed by atoms with van der Waals surface area (Å²) in [4.78, 5) is 10.2. The van der Waals surface area contributed by atoms with Crippen LogP contribution in [0.15, 0.2) is 0 Å². The number of aliphatic carboxylic acids is 1. The summed E-state index contributed by atoms with van der Waals surface area (Å²) >= 11 is 0. The summed E-state index contributed by atoms with van der Waals surface area (Å²) in [5, 5.41) is 17.4. The van der Waals surface area contributed by atoms with E-state index in [2.05, 4.69) is 0 Å². The zero-order valence-electron chi connectivity index (χ0n) is 6.11. The van der Waals surface area contributed by atoms with Gasteiger partial charge in [0.1, 0.15) is 6.04 Å². The molecule has 60 valence electrons. The van der Waals surface area contributed by atoms with Gasteiger partial charge < -0.3 is 15.9 Å². The van der Waals surface area contributed by atoms with Gasteiger partial charge in [0.05, 0.1) is 6.10 Å². The Morgan fingerprint density at radius 3 is 2.00 bits per heavy atom. The average Bonchev–Trinajstić information content (AvgIpc) is 1.84. The second-order valence-corrected chi connectivity index (χ2v) is 2.60. The van der Waals surface area contributed by atoms with Crippen LogP contribution in [0.2, 0.25) is 0 Å². The monoisotopic (exact) mass is 147 g/mol. The Hall–Kier alpha value is -0.610. The van der Waals surface area contributed by atoms with E-state index in [0.717, 1.165) is 0 Å². The van der Waals surface area contributed by atoms with Crippen LogP contribution in [0.4, 0.5) is 0 Å². The fourth-order valence-electron chi connectivity index (χ4n) is 0.561. The number of rotatable bonds is 3. The Morgan fingerprint density at radius 1 is 1.50 bits per heavy atom.